The molecule has 0 fully saturated rings. The summed E-state index contributed by atoms with van der Waals surface area (Å²) < 4.78 is 12.1. The summed E-state index contributed by atoms with van der Waals surface area (Å²) in [7, 11) is 0. The molecular formula is C24H50O4. The number of unbranched alkanes of at least 4 members (excludes halogenated alkanes) is 2. The van der Waals surface area contributed by atoms with Crippen LogP contribution in [0.25, 0.3) is 0 Å². The number of hydrogen-bond donors (Lipinski definition) is 2. The van der Waals surface area contributed by atoms with E-state index >= 15 is 0 Å². The molecule has 0 aromatic heterocycles. The van der Waals surface area contributed by atoms with E-state index in [1.807, 2.05) is 13.8 Å². The van der Waals surface area contributed by atoms with Crippen LogP contribution in [0, 0.1) is 17.8 Å². The van der Waals surface area contributed by atoms with Crippen molar-refractivity contribution in [2.24, 2.45) is 17.8 Å². The van der Waals surface area contributed by atoms with E-state index in [9.17, 15) is 10.2 Å². The van der Waals surface area contributed by atoms with E-state index in [2.05, 4.69) is 27.7 Å². The van der Waals surface area contributed by atoms with Gasteiger partial charge in [-0.2, -0.15) is 0 Å². The van der Waals surface area contributed by atoms with Gasteiger partial charge in [-0.3, -0.25) is 0 Å². The molecule has 0 heterocycles. The van der Waals surface area contributed by atoms with E-state index in [0.29, 0.717) is 37.9 Å². The van der Waals surface area contributed by atoms with Gasteiger partial charge in [-0.05, 0) is 37.5 Å². The maximum atomic E-state index is 11.4. The molecule has 4 atom stereocenters. The lowest BCUT2D eigenvalue weighted by Crippen LogP contribution is -2.50. The van der Waals surface area contributed by atoms with Gasteiger partial charge in [0.2, 0.25) is 0 Å². The third-order valence-electron chi connectivity index (χ3n) is 6.10. The molecule has 0 aromatic carbocycles. The second-order valence-corrected chi connectivity index (χ2v) is 8.46. The molecule has 0 aliphatic carbocycles. The lowest BCUT2D eigenvalue weighted by atomic mass is 9.92. The number of ether oxygens (including phenoxy) is 2. The predicted molar refractivity (Wildman–Crippen MR) is 118 cm³/mol. The Morgan fingerprint density at radius 3 is 1.46 bits per heavy atom. The van der Waals surface area contributed by atoms with Crippen LogP contribution in [0.4, 0.5) is 0 Å². The monoisotopic (exact) mass is 402 g/mol. The molecule has 0 aliphatic rings. The Hall–Kier alpha value is -0.160. The van der Waals surface area contributed by atoms with Crippen molar-refractivity contribution in [3.8, 4) is 0 Å². The molecule has 4 heteroatoms. The Bertz CT molecular complexity index is 327. The highest BCUT2D eigenvalue weighted by atomic mass is 16.8. The average molecular weight is 403 g/mol. The molecule has 28 heavy (non-hydrogen) atoms. The second-order valence-electron chi connectivity index (χ2n) is 8.46. The first-order chi connectivity index (χ1) is 13.4. The Kier molecular flexibility index (Phi) is 16.5. The highest BCUT2D eigenvalue weighted by Gasteiger charge is 2.43. The first kappa shape index (κ1) is 27.8. The minimum absolute atomic E-state index is 0.415. The fraction of sp³-hybridized carbons (Fsp3) is 1.00. The third-order valence-corrected chi connectivity index (χ3v) is 6.10. The van der Waals surface area contributed by atoms with Crippen molar-refractivity contribution in [2.75, 3.05) is 13.2 Å². The zero-order valence-electron chi connectivity index (χ0n) is 19.7. The van der Waals surface area contributed by atoms with Crippen molar-refractivity contribution >= 4 is 0 Å². The van der Waals surface area contributed by atoms with Crippen LogP contribution < -0.4 is 0 Å². The molecule has 0 aliphatic heterocycles. The summed E-state index contributed by atoms with van der Waals surface area (Å²) in [6.07, 6.45) is 10.5. The van der Waals surface area contributed by atoms with E-state index < -0.39 is 18.0 Å². The summed E-state index contributed by atoms with van der Waals surface area (Å²) in [5.41, 5.74) is 0. The molecule has 2 N–H and O–H groups in total. The smallest absolute Gasteiger partial charge is 0.285 e. The summed E-state index contributed by atoms with van der Waals surface area (Å²) in [4.78, 5) is 0. The quantitative estimate of drug-likeness (QED) is 0.249. The zero-order chi connectivity index (χ0) is 21.4. The van der Waals surface area contributed by atoms with E-state index in [4.69, 9.17) is 9.47 Å². The number of aliphatic hydroxyl groups excluding tert-OH is 1. The van der Waals surface area contributed by atoms with Gasteiger partial charge in [0, 0.05) is 0 Å². The highest BCUT2D eigenvalue weighted by Crippen LogP contribution is 2.32. The van der Waals surface area contributed by atoms with Crippen molar-refractivity contribution in [1.82, 2.24) is 0 Å². The molecular weight excluding hydrogens is 352 g/mol. The van der Waals surface area contributed by atoms with E-state index in [1.54, 1.807) is 0 Å². The van der Waals surface area contributed by atoms with Gasteiger partial charge in [0.05, 0.1) is 25.2 Å². The fourth-order valence-corrected chi connectivity index (χ4v) is 3.80. The minimum Gasteiger partial charge on any atom is -0.393 e. The largest absolute Gasteiger partial charge is 0.393 e. The van der Waals surface area contributed by atoms with Crippen LogP contribution in [0.3, 0.4) is 0 Å². The van der Waals surface area contributed by atoms with E-state index in [-0.39, 0.29) is 0 Å². The molecule has 0 saturated carbocycles. The first-order valence-corrected chi connectivity index (χ1v) is 12.1. The van der Waals surface area contributed by atoms with Gasteiger partial charge >= 0.3 is 0 Å². The van der Waals surface area contributed by atoms with Crippen LogP contribution in [0.15, 0.2) is 0 Å². The van der Waals surface area contributed by atoms with Crippen molar-refractivity contribution in [2.45, 2.75) is 124 Å². The van der Waals surface area contributed by atoms with Crippen molar-refractivity contribution in [3.05, 3.63) is 0 Å². The third kappa shape index (κ3) is 10.6. The van der Waals surface area contributed by atoms with Crippen LogP contribution >= 0.6 is 0 Å². The van der Waals surface area contributed by atoms with Crippen molar-refractivity contribution < 1.29 is 19.7 Å². The first-order valence-electron chi connectivity index (χ1n) is 12.1. The van der Waals surface area contributed by atoms with Gasteiger partial charge < -0.3 is 19.7 Å². The molecule has 0 amide bonds. The summed E-state index contributed by atoms with van der Waals surface area (Å²) in [6.45, 7) is 13.7. The van der Waals surface area contributed by atoms with Crippen LogP contribution in [0.1, 0.15) is 112 Å². The maximum absolute atomic E-state index is 11.4. The molecule has 0 saturated heterocycles. The molecule has 0 bridgehead atoms. The van der Waals surface area contributed by atoms with Gasteiger partial charge in [-0.25, -0.2) is 0 Å². The molecule has 0 aromatic rings. The van der Waals surface area contributed by atoms with Crippen LogP contribution in [-0.4, -0.2) is 35.5 Å². The summed E-state index contributed by atoms with van der Waals surface area (Å²) in [5, 5.41) is 22.1. The van der Waals surface area contributed by atoms with Crippen molar-refractivity contribution in [3.63, 3.8) is 0 Å². The highest BCUT2D eigenvalue weighted by molar-refractivity contribution is 4.77. The van der Waals surface area contributed by atoms with Crippen molar-refractivity contribution in [1.29, 1.82) is 0 Å². The molecule has 4 unspecified atom stereocenters. The predicted octanol–water partition coefficient (Wildman–Crippen LogP) is 6.29. The van der Waals surface area contributed by atoms with Gasteiger partial charge in [0.15, 0.2) is 0 Å². The number of hydrogen-bond acceptors (Lipinski definition) is 4. The van der Waals surface area contributed by atoms with Crippen LogP contribution in [0.2, 0.25) is 0 Å². The summed E-state index contributed by atoms with van der Waals surface area (Å²) in [5.74, 6) is -1.31. The Labute approximate surface area is 175 Å². The van der Waals surface area contributed by atoms with E-state index in [1.165, 1.54) is 25.7 Å². The number of aliphatic hydroxyl groups is 2. The maximum Gasteiger partial charge on any atom is 0.285 e. The molecule has 170 valence electrons. The normalized spacial score (nSPS) is 18.4. The SMILES string of the molecule is CCCCC(CC)COC(O)(OCC(CC)CCCC)C(CC)C(O)CCC. The number of rotatable bonds is 19. The van der Waals surface area contributed by atoms with Gasteiger partial charge in [-0.15, -0.1) is 0 Å². The molecule has 0 rings (SSSR count). The molecule has 0 spiro atoms. The molecule has 0 radical (unpaired) electrons. The van der Waals surface area contributed by atoms with Gasteiger partial charge in [-0.1, -0.05) is 86.5 Å². The average Bonchev–Trinajstić information content (AvgIpc) is 2.69. The molecule has 4 nitrogen and oxygen atoms in total. The van der Waals surface area contributed by atoms with E-state index in [0.717, 1.165) is 32.1 Å². The zero-order valence-corrected chi connectivity index (χ0v) is 19.7. The van der Waals surface area contributed by atoms with Gasteiger partial charge in [0.1, 0.15) is 0 Å². The van der Waals surface area contributed by atoms with Gasteiger partial charge in [0.25, 0.3) is 5.97 Å². The standard InChI is InChI=1S/C24H50O4/c1-7-13-16-20(10-4)18-27-24(26,22(12-6)23(25)15-9-3)28-19-21(11-5)17-14-8-2/h20-23,25-26H,7-19H2,1-6H3. The lowest BCUT2D eigenvalue weighted by Gasteiger charge is -2.39. The van der Waals surface area contributed by atoms with Crippen LogP contribution in [0.5, 0.6) is 0 Å². The minimum atomic E-state index is -1.71. The fourth-order valence-electron chi connectivity index (χ4n) is 3.80. The summed E-state index contributed by atoms with van der Waals surface area (Å²) >= 11 is 0. The lowest BCUT2D eigenvalue weighted by molar-refractivity contribution is -0.401. The summed E-state index contributed by atoms with van der Waals surface area (Å²) in [6, 6.07) is 0. The Balaban J connectivity index is 5.20. The second kappa shape index (κ2) is 16.6. The Morgan fingerprint density at radius 2 is 1.14 bits per heavy atom. The Morgan fingerprint density at radius 1 is 0.679 bits per heavy atom. The topological polar surface area (TPSA) is 58.9 Å². The van der Waals surface area contributed by atoms with Crippen LogP contribution in [-0.2, 0) is 9.47 Å².